The lowest BCUT2D eigenvalue weighted by Gasteiger charge is -2.37. The Morgan fingerprint density at radius 2 is 1.82 bits per heavy atom. The summed E-state index contributed by atoms with van der Waals surface area (Å²) in [6.07, 6.45) is -0.378. The molecule has 1 N–H and O–H groups in total. The minimum atomic E-state index is -1.97. The lowest BCUT2D eigenvalue weighted by molar-refractivity contribution is -0.200. The van der Waals surface area contributed by atoms with Crippen molar-refractivity contribution >= 4 is 8.32 Å². The number of aryl methyl sites for hydroxylation is 1. The first-order valence-corrected chi connectivity index (χ1v) is 12.6. The highest BCUT2D eigenvalue weighted by atomic mass is 28.4. The Balaban J connectivity index is 1.88. The van der Waals surface area contributed by atoms with Crippen molar-refractivity contribution in [1.82, 2.24) is 9.55 Å². The fourth-order valence-corrected chi connectivity index (χ4v) is 4.31. The van der Waals surface area contributed by atoms with Gasteiger partial charge in [-0.15, -0.1) is 0 Å². The molecule has 0 bridgehead atoms. The molecule has 0 aliphatic carbocycles. The number of nitrogens with zero attached hydrogens (tertiary/aromatic N) is 1. The van der Waals surface area contributed by atoms with E-state index in [-0.39, 0.29) is 17.2 Å². The standard InChI is InChI=1S/C19H32N2O6Si/c1-11-9-21(17(23)20-15(11)22)16-14-13(26-19(5,6)27-14)12(25-16)10-24-28(7,8)18(2,3)4/h9,12-14,16H,10H2,1-8H3,(H,20,22,23)/t12-,13-,14-,16-/m1/s1. The Morgan fingerprint density at radius 1 is 1.21 bits per heavy atom. The van der Waals surface area contributed by atoms with Crippen molar-refractivity contribution in [1.29, 1.82) is 0 Å². The number of hydrogen-bond donors (Lipinski definition) is 1. The van der Waals surface area contributed by atoms with Crippen LogP contribution in [0.4, 0.5) is 0 Å². The van der Waals surface area contributed by atoms with E-state index in [9.17, 15) is 9.59 Å². The van der Waals surface area contributed by atoms with E-state index in [0.717, 1.165) is 0 Å². The lowest BCUT2D eigenvalue weighted by Crippen LogP contribution is -2.44. The van der Waals surface area contributed by atoms with Crippen LogP contribution >= 0.6 is 0 Å². The molecule has 158 valence electrons. The number of hydrogen-bond acceptors (Lipinski definition) is 6. The van der Waals surface area contributed by atoms with E-state index in [1.807, 2.05) is 13.8 Å². The third-order valence-electron chi connectivity index (χ3n) is 5.96. The summed E-state index contributed by atoms with van der Waals surface area (Å²) in [5.41, 5.74) is -0.505. The molecule has 2 saturated heterocycles. The van der Waals surface area contributed by atoms with Crippen molar-refractivity contribution in [3.8, 4) is 0 Å². The van der Waals surface area contributed by atoms with Gasteiger partial charge in [-0.3, -0.25) is 14.3 Å². The van der Waals surface area contributed by atoms with Crippen LogP contribution in [0.15, 0.2) is 15.8 Å². The second kappa shape index (κ2) is 6.91. The molecule has 0 radical (unpaired) electrons. The van der Waals surface area contributed by atoms with Gasteiger partial charge in [0.2, 0.25) is 0 Å². The van der Waals surface area contributed by atoms with Gasteiger partial charge < -0.3 is 18.6 Å². The molecule has 9 heteroatoms. The van der Waals surface area contributed by atoms with E-state index in [0.29, 0.717) is 12.2 Å². The van der Waals surface area contributed by atoms with E-state index >= 15 is 0 Å². The van der Waals surface area contributed by atoms with Crippen LogP contribution in [0.2, 0.25) is 18.1 Å². The Hall–Kier alpha value is -1.26. The molecule has 4 atom stereocenters. The first-order chi connectivity index (χ1) is 12.7. The van der Waals surface area contributed by atoms with Gasteiger partial charge in [-0.2, -0.15) is 0 Å². The highest BCUT2D eigenvalue weighted by molar-refractivity contribution is 6.74. The Morgan fingerprint density at radius 3 is 2.43 bits per heavy atom. The molecule has 0 saturated carbocycles. The number of nitrogens with one attached hydrogen (secondary N) is 1. The summed E-state index contributed by atoms with van der Waals surface area (Å²) in [6, 6.07) is 0. The average Bonchev–Trinajstić information content (AvgIpc) is 3.01. The van der Waals surface area contributed by atoms with Crippen molar-refractivity contribution in [2.75, 3.05) is 6.61 Å². The van der Waals surface area contributed by atoms with Gasteiger partial charge in [0, 0.05) is 11.8 Å². The van der Waals surface area contributed by atoms with Gasteiger partial charge in [-0.25, -0.2) is 4.79 Å². The van der Waals surface area contributed by atoms with Gasteiger partial charge in [-0.1, -0.05) is 20.8 Å². The van der Waals surface area contributed by atoms with Gasteiger partial charge >= 0.3 is 5.69 Å². The van der Waals surface area contributed by atoms with Gasteiger partial charge in [0.05, 0.1) is 6.61 Å². The zero-order valence-electron chi connectivity index (χ0n) is 18.0. The minimum Gasteiger partial charge on any atom is -0.414 e. The van der Waals surface area contributed by atoms with Crippen molar-refractivity contribution in [3.05, 3.63) is 32.6 Å². The Bertz CT molecular complexity index is 853. The highest BCUT2D eigenvalue weighted by Crippen LogP contribution is 2.43. The average molecular weight is 413 g/mol. The predicted octanol–water partition coefficient (Wildman–Crippen LogP) is 2.28. The monoisotopic (exact) mass is 412 g/mol. The number of fused-ring (bicyclic) bond motifs is 1. The van der Waals surface area contributed by atoms with Crippen LogP contribution in [0.25, 0.3) is 0 Å². The summed E-state index contributed by atoms with van der Waals surface area (Å²) >= 11 is 0. The van der Waals surface area contributed by atoms with Crippen LogP contribution in [-0.2, 0) is 18.6 Å². The third kappa shape index (κ3) is 3.91. The van der Waals surface area contributed by atoms with E-state index in [2.05, 4.69) is 38.8 Å². The summed E-state index contributed by atoms with van der Waals surface area (Å²) in [4.78, 5) is 26.4. The van der Waals surface area contributed by atoms with Crippen LogP contribution in [0.3, 0.4) is 0 Å². The van der Waals surface area contributed by atoms with Gasteiger partial charge in [0.25, 0.3) is 5.56 Å². The second-order valence-corrected chi connectivity index (χ2v) is 14.5. The van der Waals surface area contributed by atoms with E-state index < -0.39 is 37.7 Å². The molecular formula is C19H32N2O6Si. The largest absolute Gasteiger partial charge is 0.414 e. The van der Waals surface area contributed by atoms with Crippen LogP contribution in [-0.4, -0.2) is 48.6 Å². The third-order valence-corrected chi connectivity index (χ3v) is 10.5. The summed E-state index contributed by atoms with van der Waals surface area (Å²) in [6.45, 7) is 16.6. The van der Waals surface area contributed by atoms with Crippen LogP contribution in [0.5, 0.6) is 0 Å². The normalized spacial score (nSPS) is 29.9. The molecule has 0 unspecified atom stereocenters. The van der Waals surface area contributed by atoms with Crippen molar-refractivity contribution in [2.45, 2.75) is 90.0 Å². The first-order valence-electron chi connectivity index (χ1n) is 9.69. The number of ether oxygens (including phenoxy) is 3. The molecule has 3 rings (SSSR count). The van der Waals surface area contributed by atoms with Crippen LogP contribution in [0.1, 0.15) is 46.4 Å². The molecule has 2 fully saturated rings. The second-order valence-electron chi connectivity index (χ2n) is 9.68. The molecule has 0 spiro atoms. The molecule has 2 aliphatic rings. The van der Waals surface area contributed by atoms with Gasteiger partial charge in [0.15, 0.2) is 20.3 Å². The first kappa shape index (κ1) is 21.4. The number of rotatable bonds is 4. The maximum atomic E-state index is 12.4. The molecule has 1 aromatic rings. The van der Waals surface area contributed by atoms with Crippen molar-refractivity contribution < 1.29 is 18.6 Å². The SMILES string of the molecule is Cc1cn([C@@H]2O[C@H](CO[Si](C)(C)C(C)(C)C)[C@H]3OC(C)(C)O[C@H]32)c(=O)[nH]c1=O. The van der Waals surface area contributed by atoms with Gasteiger partial charge in [0.1, 0.15) is 18.3 Å². The van der Waals surface area contributed by atoms with E-state index in [1.165, 1.54) is 10.8 Å². The number of H-pyrrole nitrogens is 1. The molecule has 2 aliphatic heterocycles. The summed E-state index contributed by atoms with van der Waals surface area (Å²) in [5.74, 6) is -0.784. The van der Waals surface area contributed by atoms with Crippen LogP contribution < -0.4 is 11.2 Å². The fourth-order valence-electron chi connectivity index (χ4n) is 3.30. The minimum absolute atomic E-state index is 0.0731. The molecule has 28 heavy (non-hydrogen) atoms. The quantitative estimate of drug-likeness (QED) is 0.763. The predicted molar refractivity (Wildman–Crippen MR) is 107 cm³/mol. The number of aromatic amines is 1. The topological polar surface area (TPSA) is 91.8 Å². The van der Waals surface area contributed by atoms with E-state index in [1.54, 1.807) is 6.92 Å². The summed E-state index contributed by atoms with van der Waals surface area (Å²) in [7, 11) is -1.97. The van der Waals surface area contributed by atoms with Crippen molar-refractivity contribution in [2.24, 2.45) is 0 Å². The molecule has 1 aromatic heterocycles. The maximum absolute atomic E-state index is 12.4. The molecule has 8 nitrogen and oxygen atoms in total. The Labute approximate surface area is 166 Å². The zero-order chi connectivity index (χ0) is 21.1. The van der Waals surface area contributed by atoms with Crippen molar-refractivity contribution in [3.63, 3.8) is 0 Å². The molecule has 0 aromatic carbocycles. The summed E-state index contributed by atoms with van der Waals surface area (Å²) in [5, 5.41) is 0.0731. The number of aromatic nitrogens is 2. The summed E-state index contributed by atoms with van der Waals surface area (Å²) < 4.78 is 26.0. The maximum Gasteiger partial charge on any atom is 0.330 e. The smallest absolute Gasteiger partial charge is 0.330 e. The molecule has 0 amide bonds. The van der Waals surface area contributed by atoms with E-state index in [4.69, 9.17) is 18.6 Å². The highest BCUT2D eigenvalue weighted by Gasteiger charge is 2.56. The lowest BCUT2D eigenvalue weighted by atomic mass is 10.1. The Kier molecular flexibility index (Phi) is 5.29. The fraction of sp³-hybridized carbons (Fsp3) is 0.789. The zero-order valence-corrected chi connectivity index (χ0v) is 19.0. The molecular weight excluding hydrogens is 380 g/mol. The van der Waals surface area contributed by atoms with Crippen LogP contribution in [0, 0.1) is 6.92 Å². The molecule has 3 heterocycles. The van der Waals surface area contributed by atoms with Gasteiger partial charge in [-0.05, 0) is 38.9 Å².